The summed E-state index contributed by atoms with van der Waals surface area (Å²) < 4.78 is 97.0. The average molecular weight is 387 g/mol. The van der Waals surface area contributed by atoms with E-state index in [-0.39, 0.29) is 4.60 Å². The average Bonchev–Trinajstić information content (AvgIpc) is 2.14. The van der Waals surface area contributed by atoms with E-state index in [4.69, 9.17) is 0 Å². The molecular formula is C8H5BrF6N2O2S. The molecule has 0 aromatic carbocycles. The monoisotopic (exact) mass is 386 g/mol. The standard InChI is InChI=1S/C8H5BrF6N2O2S/c9-5-2-1-4(6(16-5)8(13,14)15)17-20(18,19)3-7(10,11)12/h1-2,17H,3H2. The Morgan fingerprint density at radius 1 is 1.15 bits per heavy atom. The van der Waals surface area contributed by atoms with Gasteiger partial charge in [0.1, 0.15) is 4.60 Å². The fourth-order valence-corrected chi connectivity index (χ4v) is 2.47. The van der Waals surface area contributed by atoms with E-state index in [1.165, 1.54) is 4.72 Å². The van der Waals surface area contributed by atoms with Gasteiger partial charge in [-0.1, -0.05) is 0 Å². The molecule has 1 aromatic heterocycles. The number of aromatic nitrogens is 1. The molecule has 0 bridgehead atoms. The Kier molecular flexibility index (Phi) is 4.58. The van der Waals surface area contributed by atoms with Crippen molar-refractivity contribution in [3.63, 3.8) is 0 Å². The van der Waals surface area contributed by atoms with Gasteiger partial charge >= 0.3 is 12.4 Å². The Hall–Kier alpha value is -1.04. The minimum Gasteiger partial charge on any atom is -0.281 e. The third kappa shape index (κ3) is 5.15. The van der Waals surface area contributed by atoms with Crippen LogP contribution in [0.4, 0.5) is 32.0 Å². The first-order chi connectivity index (χ1) is 8.80. The zero-order chi connectivity index (χ0) is 15.8. The Morgan fingerprint density at radius 2 is 1.70 bits per heavy atom. The molecule has 0 aliphatic rings. The highest BCUT2D eigenvalue weighted by Crippen LogP contribution is 2.35. The van der Waals surface area contributed by atoms with Crippen LogP contribution in [0, 0.1) is 0 Å². The summed E-state index contributed by atoms with van der Waals surface area (Å²) in [7, 11) is -5.02. The van der Waals surface area contributed by atoms with Crippen molar-refractivity contribution in [2.45, 2.75) is 12.4 Å². The van der Waals surface area contributed by atoms with Gasteiger partial charge in [-0.25, -0.2) is 13.4 Å². The minimum atomic E-state index is -5.08. The van der Waals surface area contributed by atoms with E-state index in [1.807, 2.05) is 0 Å². The van der Waals surface area contributed by atoms with E-state index in [1.54, 1.807) is 0 Å². The number of pyridine rings is 1. The summed E-state index contributed by atoms with van der Waals surface area (Å²) in [6, 6.07) is 1.62. The normalized spacial score (nSPS) is 13.3. The second kappa shape index (κ2) is 5.39. The van der Waals surface area contributed by atoms with Crippen LogP contribution < -0.4 is 4.72 Å². The van der Waals surface area contributed by atoms with Gasteiger partial charge in [-0.2, -0.15) is 26.3 Å². The zero-order valence-electron chi connectivity index (χ0n) is 9.18. The van der Waals surface area contributed by atoms with Crippen LogP contribution in [0.2, 0.25) is 0 Å². The lowest BCUT2D eigenvalue weighted by Crippen LogP contribution is -2.29. The predicted molar refractivity (Wildman–Crippen MR) is 60.4 cm³/mol. The highest BCUT2D eigenvalue weighted by atomic mass is 79.9. The molecular weight excluding hydrogens is 382 g/mol. The second-order valence-corrected chi connectivity index (χ2v) is 6.04. The second-order valence-electron chi connectivity index (χ2n) is 3.50. The molecule has 0 amide bonds. The summed E-state index contributed by atoms with van der Waals surface area (Å²) in [4.78, 5) is 3.01. The maximum Gasteiger partial charge on any atom is 0.435 e. The van der Waals surface area contributed by atoms with Crippen LogP contribution in [-0.2, 0) is 16.2 Å². The number of hydrogen-bond donors (Lipinski definition) is 1. The molecule has 0 aliphatic carbocycles. The number of nitrogens with one attached hydrogen (secondary N) is 1. The molecule has 0 aliphatic heterocycles. The van der Waals surface area contributed by atoms with Crippen molar-refractivity contribution in [3.05, 3.63) is 22.4 Å². The molecule has 0 atom stereocenters. The van der Waals surface area contributed by atoms with Crippen molar-refractivity contribution in [2.75, 3.05) is 10.5 Å². The third-order valence-corrected chi connectivity index (χ3v) is 3.43. The molecule has 0 fully saturated rings. The van der Waals surface area contributed by atoms with Gasteiger partial charge < -0.3 is 0 Å². The summed E-state index contributed by atoms with van der Waals surface area (Å²) >= 11 is 2.65. The van der Waals surface area contributed by atoms with Gasteiger partial charge in [0.15, 0.2) is 11.4 Å². The first-order valence-corrected chi connectivity index (χ1v) is 7.06. The Bertz CT molecular complexity index is 598. The van der Waals surface area contributed by atoms with E-state index in [0.29, 0.717) is 6.07 Å². The predicted octanol–water partition coefficient (Wildman–Crippen LogP) is 3.17. The molecule has 0 unspecified atom stereocenters. The molecule has 0 spiro atoms. The Morgan fingerprint density at radius 3 is 2.15 bits per heavy atom. The molecule has 0 saturated carbocycles. The highest BCUT2D eigenvalue weighted by molar-refractivity contribution is 9.10. The number of alkyl halides is 6. The van der Waals surface area contributed by atoms with Gasteiger partial charge in [0.05, 0.1) is 5.69 Å². The number of nitrogens with zero attached hydrogens (tertiary/aromatic N) is 1. The van der Waals surface area contributed by atoms with Gasteiger partial charge in [0, 0.05) is 0 Å². The van der Waals surface area contributed by atoms with E-state index in [9.17, 15) is 34.8 Å². The van der Waals surface area contributed by atoms with E-state index in [2.05, 4.69) is 20.9 Å². The van der Waals surface area contributed by atoms with Crippen LogP contribution in [-0.4, -0.2) is 25.3 Å². The third-order valence-electron chi connectivity index (χ3n) is 1.75. The maximum absolute atomic E-state index is 12.6. The molecule has 12 heteroatoms. The van der Waals surface area contributed by atoms with E-state index in [0.717, 1.165) is 6.07 Å². The van der Waals surface area contributed by atoms with Crippen molar-refractivity contribution >= 4 is 31.6 Å². The first kappa shape index (κ1) is 17.0. The zero-order valence-corrected chi connectivity index (χ0v) is 11.6. The summed E-state index contributed by atoms with van der Waals surface area (Å²) in [5.41, 5.74) is -2.72. The fraction of sp³-hybridized carbons (Fsp3) is 0.375. The molecule has 1 aromatic rings. The van der Waals surface area contributed by atoms with Gasteiger partial charge in [-0.15, -0.1) is 0 Å². The van der Waals surface area contributed by atoms with Crippen molar-refractivity contribution in [1.29, 1.82) is 0 Å². The lowest BCUT2D eigenvalue weighted by molar-refractivity contribution is -0.140. The van der Waals surface area contributed by atoms with Gasteiger partial charge in [0.25, 0.3) is 0 Å². The van der Waals surface area contributed by atoms with Crippen LogP contribution in [0.15, 0.2) is 16.7 Å². The molecule has 20 heavy (non-hydrogen) atoms. The summed E-state index contributed by atoms with van der Waals surface area (Å²) in [5, 5.41) is 0. The lowest BCUT2D eigenvalue weighted by Gasteiger charge is -2.14. The highest BCUT2D eigenvalue weighted by Gasteiger charge is 2.39. The van der Waals surface area contributed by atoms with Crippen LogP contribution in [0.3, 0.4) is 0 Å². The topological polar surface area (TPSA) is 59.1 Å². The SMILES string of the molecule is O=S(=O)(CC(F)(F)F)Nc1ccc(Br)nc1C(F)(F)F. The van der Waals surface area contributed by atoms with Crippen molar-refractivity contribution < 1.29 is 34.8 Å². The van der Waals surface area contributed by atoms with Crippen molar-refractivity contribution in [3.8, 4) is 0 Å². The summed E-state index contributed by atoms with van der Waals surface area (Å²) in [6.07, 6.45) is -10.1. The fourth-order valence-electron chi connectivity index (χ4n) is 1.15. The molecule has 4 nitrogen and oxygen atoms in total. The molecule has 0 saturated heterocycles. The number of rotatable bonds is 3. The molecule has 0 radical (unpaired) electrons. The number of sulfonamides is 1. The Balaban J connectivity index is 3.16. The van der Waals surface area contributed by atoms with Crippen LogP contribution >= 0.6 is 15.9 Å². The molecule has 114 valence electrons. The molecule has 1 heterocycles. The molecule has 1 rings (SSSR count). The first-order valence-electron chi connectivity index (χ1n) is 4.61. The van der Waals surface area contributed by atoms with Gasteiger partial charge in [-0.3, -0.25) is 4.72 Å². The smallest absolute Gasteiger partial charge is 0.281 e. The van der Waals surface area contributed by atoms with Crippen molar-refractivity contribution in [1.82, 2.24) is 4.98 Å². The lowest BCUT2D eigenvalue weighted by atomic mass is 10.3. The summed E-state index contributed by atoms with van der Waals surface area (Å²) in [5.74, 6) is -2.30. The van der Waals surface area contributed by atoms with Crippen LogP contribution in [0.5, 0.6) is 0 Å². The van der Waals surface area contributed by atoms with Gasteiger partial charge in [0.2, 0.25) is 10.0 Å². The Labute approximate surface area is 117 Å². The number of anilines is 1. The molecule has 1 N–H and O–H groups in total. The quantitative estimate of drug-likeness (QED) is 0.641. The van der Waals surface area contributed by atoms with E-state index < -0.39 is 39.5 Å². The minimum absolute atomic E-state index is 0.247. The number of hydrogen-bond acceptors (Lipinski definition) is 3. The van der Waals surface area contributed by atoms with Gasteiger partial charge in [-0.05, 0) is 28.1 Å². The largest absolute Gasteiger partial charge is 0.435 e. The van der Waals surface area contributed by atoms with Crippen LogP contribution in [0.25, 0.3) is 0 Å². The van der Waals surface area contributed by atoms with Crippen LogP contribution in [0.1, 0.15) is 5.69 Å². The maximum atomic E-state index is 12.6. The van der Waals surface area contributed by atoms with Crippen molar-refractivity contribution in [2.24, 2.45) is 0 Å². The number of halogens is 7. The van der Waals surface area contributed by atoms with E-state index >= 15 is 0 Å². The summed E-state index contributed by atoms with van der Waals surface area (Å²) in [6.45, 7) is 0.